The molecule has 1 saturated carbocycles. The lowest BCUT2D eigenvalue weighted by atomic mass is 10.1. The summed E-state index contributed by atoms with van der Waals surface area (Å²) in [4.78, 5) is 0. The first-order valence-electron chi connectivity index (χ1n) is 6.31. The number of nitrogens with one attached hydrogen (secondary N) is 2. The summed E-state index contributed by atoms with van der Waals surface area (Å²) in [5, 5.41) is 16.0. The van der Waals surface area contributed by atoms with Crippen molar-refractivity contribution >= 4 is 17.3 Å². The summed E-state index contributed by atoms with van der Waals surface area (Å²) in [5.74, 6) is 0. The molecule has 2 rings (SSSR count). The Labute approximate surface area is 113 Å². The van der Waals surface area contributed by atoms with Gasteiger partial charge in [0, 0.05) is 12.6 Å². The summed E-state index contributed by atoms with van der Waals surface area (Å²) in [5.41, 5.74) is 1.81. The molecule has 0 amide bonds. The van der Waals surface area contributed by atoms with E-state index in [0.29, 0.717) is 18.2 Å². The van der Waals surface area contributed by atoms with Gasteiger partial charge in [-0.2, -0.15) is 5.26 Å². The molecule has 1 aliphatic carbocycles. The zero-order chi connectivity index (χ0) is 12.8. The van der Waals surface area contributed by atoms with E-state index in [2.05, 4.69) is 16.7 Å². The molecule has 0 aliphatic heterocycles. The van der Waals surface area contributed by atoms with Gasteiger partial charge in [-0.25, -0.2) is 0 Å². The Morgan fingerprint density at radius 1 is 1.28 bits per heavy atom. The monoisotopic (exact) mass is 259 g/mol. The van der Waals surface area contributed by atoms with Crippen LogP contribution in [0.25, 0.3) is 0 Å². The van der Waals surface area contributed by atoms with Gasteiger partial charge in [0.15, 0.2) is 5.11 Å². The van der Waals surface area contributed by atoms with E-state index in [0.717, 1.165) is 10.7 Å². The third-order valence-electron chi connectivity index (χ3n) is 3.23. The Balaban J connectivity index is 1.76. The van der Waals surface area contributed by atoms with Crippen LogP contribution in [0, 0.1) is 11.3 Å². The maximum absolute atomic E-state index is 8.71. The molecule has 2 N–H and O–H groups in total. The Morgan fingerprint density at radius 2 is 1.94 bits per heavy atom. The topological polar surface area (TPSA) is 47.9 Å². The fraction of sp³-hybridized carbons (Fsp3) is 0.429. The number of hydrogen-bond acceptors (Lipinski definition) is 2. The minimum absolute atomic E-state index is 0.547. The smallest absolute Gasteiger partial charge is 0.166 e. The highest BCUT2D eigenvalue weighted by Gasteiger charge is 2.14. The summed E-state index contributed by atoms with van der Waals surface area (Å²) in [6, 6.07) is 10.2. The molecule has 0 saturated heterocycles. The number of thiocarbonyl (C=S) groups is 1. The van der Waals surface area contributed by atoms with Crippen molar-refractivity contribution in [3.8, 4) is 6.07 Å². The lowest BCUT2D eigenvalue weighted by molar-refractivity contribution is 0.621. The molecule has 18 heavy (non-hydrogen) atoms. The molecule has 1 aromatic carbocycles. The summed E-state index contributed by atoms with van der Waals surface area (Å²) in [7, 11) is 0. The summed E-state index contributed by atoms with van der Waals surface area (Å²) in [6.45, 7) is 0.699. The van der Waals surface area contributed by atoms with Crippen LogP contribution in [0.2, 0.25) is 0 Å². The van der Waals surface area contributed by atoms with Crippen molar-refractivity contribution in [2.24, 2.45) is 0 Å². The summed E-state index contributed by atoms with van der Waals surface area (Å²) >= 11 is 5.26. The Hall–Kier alpha value is -1.60. The van der Waals surface area contributed by atoms with E-state index in [-0.39, 0.29) is 0 Å². The predicted octanol–water partition coefficient (Wildman–Crippen LogP) is 2.46. The highest BCUT2D eigenvalue weighted by atomic mass is 32.1. The number of nitrogens with zero attached hydrogens (tertiary/aromatic N) is 1. The standard InChI is InChI=1S/C14H17N3S/c15-9-11-5-7-12(8-6-11)10-16-14(18)17-13-3-1-2-4-13/h5-8,13H,1-4,10H2,(H2,16,17,18). The highest BCUT2D eigenvalue weighted by molar-refractivity contribution is 7.80. The van der Waals surface area contributed by atoms with Crippen LogP contribution in [-0.4, -0.2) is 11.2 Å². The number of nitriles is 1. The maximum atomic E-state index is 8.71. The summed E-state index contributed by atoms with van der Waals surface area (Å²) < 4.78 is 0. The Kier molecular flexibility index (Phi) is 4.54. The fourth-order valence-electron chi connectivity index (χ4n) is 2.19. The molecule has 0 aromatic heterocycles. The van der Waals surface area contributed by atoms with Crippen LogP contribution in [0.1, 0.15) is 36.8 Å². The SMILES string of the molecule is N#Cc1ccc(CNC(=S)NC2CCCC2)cc1. The van der Waals surface area contributed by atoms with Gasteiger partial charge in [0.25, 0.3) is 0 Å². The lowest BCUT2D eigenvalue weighted by Gasteiger charge is -2.15. The van der Waals surface area contributed by atoms with Gasteiger partial charge in [-0.05, 0) is 42.8 Å². The largest absolute Gasteiger partial charge is 0.360 e. The lowest BCUT2D eigenvalue weighted by Crippen LogP contribution is -2.40. The normalized spacial score (nSPS) is 15.1. The molecule has 0 spiro atoms. The van der Waals surface area contributed by atoms with E-state index >= 15 is 0 Å². The zero-order valence-electron chi connectivity index (χ0n) is 10.3. The van der Waals surface area contributed by atoms with E-state index < -0.39 is 0 Å². The van der Waals surface area contributed by atoms with Gasteiger partial charge >= 0.3 is 0 Å². The molecule has 0 heterocycles. The van der Waals surface area contributed by atoms with Crippen LogP contribution >= 0.6 is 12.2 Å². The van der Waals surface area contributed by atoms with Crippen LogP contribution in [0.5, 0.6) is 0 Å². The predicted molar refractivity (Wildman–Crippen MR) is 76.0 cm³/mol. The van der Waals surface area contributed by atoms with Crippen molar-refractivity contribution in [3.63, 3.8) is 0 Å². The van der Waals surface area contributed by atoms with Gasteiger partial charge in [-0.3, -0.25) is 0 Å². The van der Waals surface area contributed by atoms with Gasteiger partial charge in [-0.15, -0.1) is 0 Å². The van der Waals surface area contributed by atoms with Crippen LogP contribution in [0.3, 0.4) is 0 Å². The molecule has 1 fully saturated rings. The second-order valence-corrected chi connectivity index (χ2v) is 5.03. The van der Waals surface area contributed by atoms with E-state index in [1.54, 1.807) is 0 Å². The van der Waals surface area contributed by atoms with Crippen LogP contribution in [-0.2, 0) is 6.54 Å². The van der Waals surface area contributed by atoms with Gasteiger partial charge in [0.1, 0.15) is 0 Å². The van der Waals surface area contributed by atoms with Gasteiger partial charge in [-0.1, -0.05) is 25.0 Å². The molecule has 0 bridgehead atoms. The van der Waals surface area contributed by atoms with Crippen molar-refractivity contribution in [2.75, 3.05) is 0 Å². The first kappa shape index (κ1) is 12.8. The molecule has 0 atom stereocenters. The van der Waals surface area contributed by atoms with E-state index in [1.165, 1.54) is 25.7 Å². The second-order valence-electron chi connectivity index (χ2n) is 4.62. The van der Waals surface area contributed by atoms with Crippen LogP contribution in [0.15, 0.2) is 24.3 Å². The molecule has 1 aromatic rings. The van der Waals surface area contributed by atoms with E-state index in [1.807, 2.05) is 24.3 Å². The molecule has 0 radical (unpaired) electrons. The molecule has 94 valence electrons. The summed E-state index contributed by atoms with van der Waals surface area (Å²) in [6.07, 6.45) is 5.04. The van der Waals surface area contributed by atoms with Crippen molar-refractivity contribution in [2.45, 2.75) is 38.3 Å². The molecule has 0 unspecified atom stereocenters. The fourth-order valence-corrected chi connectivity index (χ4v) is 2.42. The Bertz CT molecular complexity index is 441. The maximum Gasteiger partial charge on any atom is 0.166 e. The third-order valence-corrected chi connectivity index (χ3v) is 3.49. The first-order chi connectivity index (χ1) is 8.78. The minimum atomic E-state index is 0.547. The van der Waals surface area contributed by atoms with Crippen LogP contribution in [0.4, 0.5) is 0 Å². The van der Waals surface area contributed by atoms with Gasteiger partial charge < -0.3 is 10.6 Å². The van der Waals surface area contributed by atoms with Crippen LogP contribution < -0.4 is 10.6 Å². The second kappa shape index (κ2) is 6.36. The van der Waals surface area contributed by atoms with Crippen molar-refractivity contribution in [1.82, 2.24) is 10.6 Å². The zero-order valence-corrected chi connectivity index (χ0v) is 11.1. The molecule has 4 heteroatoms. The van der Waals surface area contributed by atoms with Crippen molar-refractivity contribution < 1.29 is 0 Å². The third kappa shape index (κ3) is 3.71. The quantitative estimate of drug-likeness (QED) is 0.819. The van der Waals surface area contributed by atoms with Gasteiger partial charge in [0.2, 0.25) is 0 Å². The molecular weight excluding hydrogens is 242 g/mol. The molecular formula is C14H17N3S. The minimum Gasteiger partial charge on any atom is -0.360 e. The average Bonchev–Trinajstić information content (AvgIpc) is 2.90. The van der Waals surface area contributed by atoms with E-state index in [4.69, 9.17) is 17.5 Å². The van der Waals surface area contributed by atoms with Crippen molar-refractivity contribution in [1.29, 1.82) is 5.26 Å². The average molecular weight is 259 g/mol. The number of rotatable bonds is 3. The molecule has 1 aliphatic rings. The highest BCUT2D eigenvalue weighted by Crippen LogP contribution is 2.17. The van der Waals surface area contributed by atoms with Gasteiger partial charge in [0.05, 0.1) is 11.6 Å². The number of benzene rings is 1. The Morgan fingerprint density at radius 3 is 2.56 bits per heavy atom. The first-order valence-corrected chi connectivity index (χ1v) is 6.72. The number of hydrogen-bond donors (Lipinski definition) is 2. The molecule has 3 nitrogen and oxygen atoms in total. The van der Waals surface area contributed by atoms with E-state index in [9.17, 15) is 0 Å². The van der Waals surface area contributed by atoms with Crippen molar-refractivity contribution in [3.05, 3.63) is 35.4 Å².